The second kappa shape index (κ2) is 9.92. The average molecular weight is 512 g/mol. The number of rotatable bonds is 8. The highest BCUT2D eigenvalue weighted by atomic mass is 79.9. The van der Waals surface area contributed by atoms with E-state index < -0.39 is 5.91 Å². The average Bonchev–Trinajstić information content (AvgIpc) is 3.44. The Kier molecular flexibility index (Phi) is 6.80. The van der Waals surface area contributed by atoms with Crippen molar-refractivity contribution in [3.8, 4) is 11.4 Å². The van der Waals surface area contributed by atoms with Crippen molar-refractivity contribution >= 4 is 33.6 Å². The highest BCUT2D eigenvalue weighted by Gasteiger charge is 2.21. The van der Waals surface area contributed by atoms with Crippen LogP contribution in [-0.4, -0.2) is 44.4 Å². The van der Waals surface area contributed by atoms with Crippen LogP contribution >= 0.6 is 15.9 Å². The molecular weight excluding hydrogens is 490 g/mol. The first kappa shape index (κ1) is 22.6. The molecule has 0 aliphatic rings. The number of hydrogen-bond acceptors (Lipinski definition) is 8. The number of anilines is 2. The molecular formula is C22H22BrN7O3. The number of hydrogen-bond donors (Lipinski definition) is 2. The van der Waals surface area contributed by atoms with Crippen LogP contribution in [-0.2, 0) is 11.8 Å². The molecule has 4 rings (SSSR count). The molecule has 4 aromatic rings. The fourth-order valence-corrected chi connectivity index (χ4v) is 3.61. The minimum absolute atomic E-state index is 0.0692. The standard InChI is InChI=1S/C22H22BrN7O3/c1-13-10-24-22(28-18-7-8-25-30(18)2)29-19(13)17-12-33-21(27-17)20(31)26-16(11-32-3)14-5-4-6-15(23)9-14/h4-10,12,16H,11H2,1-3H3,(H,26,31)(H,24,28,29)/t16-/m1/s1. The molecule has 170 valence electrons. The first-order valence-corrected chi connectivity index (χ1v) is 10.8. The van der Waals surface area contributed by atoms with Gasteiger partial charge in [-0.05, 0) is 30.2 Å². The molecule has 0 aliphatic heterocycles. The summed E-state index contributed by atoms with van der Waals surface area (Å²) in [6.45, 7) is 2.16. The lowest BCUT2D eigenvalue weighted by molar-refractivity contribution is 0.0862. The Morgan fingerprint density at radius 1 is 1.30 bits per heavy atom. The maximum absolute atomic E-state index is 12.8. The van der Waals surface area contributed by atoms with Gasteiger partial charge in [0.25, 0.3) is 5.89 Å². The molecule has 2 N–H and O–H groups in total. The van der Waals surface area contributed by atoms with E-state index in [1.807, 2.05) is 44.3 Å². The van der Waals surface area contributed by atoms with E-state index in [4.69, 9.17) is 9.15 Å². The van der Waals surface area contributed by atoms with Crippen LogP contribution in [0, 0.1) is 6.92 Å². The number of oxazole rings is 1. The van der Waals surface area contributed by atoms with Crippen molar-refractivity contribution < 1.29 is 13.9 Å². The van der Waals surface area contributed by atoms with Gasteiger partial charge in [-0.3, -0.25) is 9.48 Å². The first-order valence-electron chi connectivity index (χ1n) is 10.0. The summed E-state index contributed by atoms with van der Waals surface area (Å²) in [5, 5.41) is 10.1. The zero-order valence-electron chi connectivity index (χ0n) is 18.2. The molecule has 3 heterocycles. The summed E-state index contributed by atoms with van der Waals surface area (Å²) in [5.74, 6) is 0.591. The van der Waals surface area contributed by atoms with E-state index in [0.29, 0.717) is 23.9 Å². The van der Waals surface area contributed by atoms with Crippen molar-refractivity contribution in [1.82, 2.24) is 30.0 Å². The van der Waals surface area contributed by atoms with Gasteiger partial charge in [-0.1, -0.05) is 28.1 Å². The van der Waals surface area contributed by atoms with Gasteiger partial charge in [-0.2, -0.15) is 5.10 Å². The predicted molar refractivity (Wildman–Crippen MR) is 125 cm³/mol. The van der Waals surface area contributed by atoms with Gasteiger partial charge < -0.3 is 19.8 Å². The third kappa shape index (κ3) is 5.26. The minimum Gasteiger partial charge on any atom is -0.440 e. The summed E-state index contributed by atoms with van der Waals surface area (Å²) in [6.07, 6.45) is 4.75. The number of carbonyl (C=O) groups is 1. The molecule has 0 bridgehead atoms. The SMILES string of the molecule is COC[C@@H](NC(=O)c1nc(-c2nc(Nc3ccnn3C)ncc2C)co1)c1cccc(Br)c1. The fraction of sp³-hybridized carbons (Fsp3) is 0.227. The van der Waals surface area contributed by atoms with E-state index in [1.165, 1.54) is 6.26 Å². The number of benzene rings is 1. The van der Waals surface area contributed by atoms with E-state index in [9.17, 15) is 4.79 Å². The second-order valence-corrected chi connectivity index (χ2v) is 8.18. The highest BCUT2D eigenvalue weighted by Crippen LogP contribution is 2.23. The maximum atomic E-state index is 12.8. The quantitative estimate of drug-likeness (QED) is 0.366. The summed E-state index contributed by atoms with van der Waals surface area (Å²) in [5.41, 5.74) is 2.66. The molecule has 0 spiro atoms. The number of halogens is 1. The number of amides is 1. The Morgan fingerprint density at radius 3 is 2.88 bits per heavy atom. The third-order valence-electron chi connectivity index (χ3n) is 4.86. The second-order valence-electron chi connectivity index (χ2n) is 7.26. The zero-order chi connectivity index (χ0) is 23.4. The number of methoxy groups -OCH3 is 1. The zero-order valence-corrected chi connectivity index (χ0v) is 19.8. The summed E-state index contributed by atoms with van der Waals surface area (Å²) < 4.78 is 13.3. The molecule has 0 saturated heterocycles. The normalized spacial score (nSPS) is 11.9. The Bertz CT molecular complexity index is 1270. The van der Waals surface area contributed by atoms with Gasteiger partial charge in [0.2, 0.25) is 5.95 Å². The Labute approximate surface area is 198 Å². The molecule has 0 saturated carbocycles. The molecule has 0 aliphatic carbocycles. The molecule has 11 heteroatoms. The Balaban J connectivity index is 1.54. The third-order valence-corrected chi connectivity index (χ3v) is 5.36. The van der Waals surface area contributed by atoms with Gasteiger partial charge in [0.1, 0.15) is 23.5 Å². The first-order chi connectivity index (χ1) is 15.9. The van der Waals surface area contributed by atoms with E-state index >= 15 is 0 Å². The largest absolute Gasteiger partial charge is 0.440 e. The smallest absolute Gasteiger partial charge is 0.307 e. The highest BCUT2D eigenvalue weighted by molar-refractivity contribution is 9.10. The molecule has 0 unspecified atom stereocenters. The summed E-state index contributed by atoms with van der Waals surface area (Å²) in [7, 11) is 3.39. The lowest BCUT2D eigenvalue weighted by Crippen LogP contribution is -2.31. The molecule has 1 atom stereocenters. The van der Waals surface area contributed by atoms with Crippen molar-refractivity contribution in [3.05, 3.63) is 70.5 Å². The molecule has 1 amide bonds. The summed E-state index contributed by atoms with van der Waals surface area (Å²) in [6, 6.07) is 9.08. The van der Waals surface area contributed by atoms with Crippen LogP contribution in [0.4, 0.5) is 11.8 Å². The monoisotopic (exact) mass is 511 g/mol. The van der Waals surface area contributed by atoms with E-state index in [1.54, 1.807) is 24.2 Å². The Hall–Kier alpha value is -3.57. The van der Waals surface area contributed by atoms with Crippen LogP contribution in [0.2, 0.25) is 0 Å². The molecule has 33 heavy (non-hydrogen) atoms. The van der Waals surface area contributed by atoms with Gasteiger partial charge in [-0.15, -0.1) is 0 Å². The number of aromatic nitrogens is 5. The van der Waals surface area contributed by atoms with Gasteiger partial charge in [-0.25, -0.2) is 15.0 Å². The number of carbonyl (C=O) groups excluding carboxylic acids is 1. The van der Waals surface area contributed by atoms with Crippen LogP contribution in [0.15, 0.2) is 57.9 Å². The minimum atomic E-state index is -0.455. The molecule has 10 nitrogen and oxygen atoms in total. The number of ether oxygens (including phenoxy) is 1. The van der Waals surface area contributed by atoms with Crippen LogP contribution in [0.5, 0.6) is 0 Å². The van der Waals surface area contributed by atoms with Crippen molar-refractivity contribution in [1.29, 1.82) is 0 Å². The maximum Gasteiger partial charge on any atom is 0.307 e. The van der Waals surface area contributed by atoms with Gasteiger partial charge >= 0.3 is 5.91 Å². The van der Waals surface area contributed by atoms with E-state index in [0.717, 1.165) is 21.4 Å². The van der Waals surface area contributed by atoms with Crippen molar-refractivity contribution in [2.45, 2.75) is 13.0 Å². The predicted octanol–water partition coefficient (Wildman–Crippen LogP) is 3.80. The number of aryl methyl sites for hydroxylation is 2. The van der Waals surface area contributed by atoms with Gasteiger partial charge in [0.15, 0.2) is 0 Å². The lowest BCUT2D eigenvalue weighted by Gasteiger charge is -2.17. The van der Waals surface area contributed by atoms with Crippen molar-refractivity contribution in [2.75, 3.05) is 19.0 Å². The van der Waals surface area contributed by atoms with Crippen LogP contribution < -0.4 is 10.6 Å². The molecule has 3 aromatic heterocycles. The number of nitrogens with one attached hydrogen (secondary N) is 2. The lowest BCUT2D eigenvalue weighted by atomic mass is 10.1. The topological polar surface area (TPSA) is 120 Å². The fourth-order valence-electron chi connectivity index (χ4n) is 3.19. The van der Waals surface area contributed by atoms with Crippen LogP contribution in [0.3, 0.4) is 0 Å². The van der Waals surface area contributed by atoms with Crippen LogP contribution in [0.25, 0.3) is 11.4 Å². The van der Waals surface area contributed by atoms with Crippen LogP contribution in [0.1, 0.15) is 27.9 Å². The number of nitrogens with zero attached hydrogens (tertiary/aromatic N) is 5. The Morgan fingerprint density at radius 2 is 2.15 bits per heavy atom. The van der Waals surface area contributed by atoms with Crippen molar-refractivity contribution in [2.24, 2.45) is 7.05 Å². The van der Waals surface area contributed by atoms with Crippen molar-refractivity contribution in [3.63, 3.8) is 0 Å². The summed E-state index contributed by atoms with van der Waals surface area (Å²) in [4.78, 5) is 26.0. The molecule has 0 radical (unpaired) electrons. The van der Waals surface area contributed by atoms with E-state index in [2.05, 4.69) is 46.6 Å². The molecule has 1 aromatic carbocycles. The van der Waals surface area contributed by atoms with Gasteiger partial charge in [0.05, 0.1) is 18.8 Å². The molecule has 0 fully saturated rings. The van der Waals surface area contributed by atoms with Gasteiger partial charge in [0, 0.05) is 30.9 Å². The van der Waals surface area contributed by atoms with E-state index in [-0.39, 0.29) is 11.9 Å². The summed E-state index contributed by atoms with van der Waals surface area (Å²) >= 11 is 3.45.